The molecule has 0 saturated heterocycles. The number of nitrogens with one attached hydrogen (secondary N) is 2. The summed E-state index contributed by atoms with van der Waals surface area (Å²) in [6.45, 7) is 3.72. The van der Waals surface area contributed by atoms with Crippen molar-refractivity contribution in [2.24, 2.45) is 0 Å². The second kappa shape index (κ2) is 6.28. The van der Waals surface area contributed by atoms with Crippen LogP contribution in [-0.2, 0) is 11.0 Å². The van der Waals surface area contributed by atoms with E-state index in [1.807, 2.05) is 0 Å². The summed E-state index contributed by atoms with van der Waals surface area (Å²) in [6.07, 6.45) is -4.61. The first-order valence-electron chi connectivity index (χ1n) is 5.95. The van der Waals surface area contributed by atoms with E-state index in [1.54, 1.807) is 6.92 Å². The number of hydrogen-bond acceptors (Lipinski definition) is 3. The number of carbonyl (C=O) groups excluding carboxylic acids is 1. The summed E-state index contributed by atoms with van der Waals surface area (Å²) < 4.78 is 38.3. The van der Waals surface area contributed by atoms with E-state index in [0.29, 0.717) is 6.54 Å². The number of nitriles is 1. The van der Waals surface area contributed by atoms with Crippen LogP contribution in [0.5, 0.6) is 0 Å². The zero-order valence-corrected chi connectivity index (χ0v) is 11.0. The van der Waals surface area contributed by atoms with Gasteiger partial charge in [-0.3, -0.25) is 4.79 Å². The van der Waals surface area contributed by atoms with Gasteiger partial charge in [0.15, 0.2) is 0 Å². The number of hydrogen-bond donors (Lipinski definition) is 2. The predicted molar refractivity (Wildman–Crippen MR) is 67.9 cm³/mol. The lowest BCUT2D eigenvalue weighted by Gasteiger charge is -2.16. The molecule has 1 aromatic rings. The Bertz CT molecular complexity index is 535. The predicted octanol–water partition coefficient (Wildman–Crippen LogP) is 2.51. The van der Waals surface area contributed by atoms with Crippen LogP contribution in [0.1, 0.15) is 25.0 Å². The zero-order chi connectivity index (χ0) is 15.3. The fourth-order valence-electron chi connectivity index (χ4n) is 1.61. The van der Waals surface area contributed by atoms with Crippen LogP contribution in [0.4, 0.5) is 18.9 Å². The fourth-order valence-corrected chi connectivity index (χ4v) is 1.61. The molecule has 0 bridgehead atoms. The highest BCUT2D eigenvalue weighted by molar-refractivity contribution is 5.84. The lowest BCUT2D eigenvalue weighted by Crippen LogP contribution is -2.37. The second-order valence-corrected chi connectivity index (χ2v) is 4.13. The van der Waals surface area contributed by atoms with E-state index >= 15 is 0 Å². The monoisotopic (exact) mass is 285 g/mol. The molecule has 0 aromatic heterocycles. The van der Waals surface area contributed by atoms with Crippen LogP contribution < -0.4 is 10.6 Å². The maximum absolute atomic E-state index is 12.8. The highest BCUT2D eigenvalue weighted by Gasteiger charge is 2.34. The summed E-state index contributed by atoms with van der Waals surface area (Å²) in [5.41, 5.74) is -1.34. The van der Waals surface area contributed by atoms with Gasteiger partial charge in [-0.1, -0.05) is 0 Å². The molecular formula is C13H14F3N3O. The van der Waals surface area contributed by atoms with Gasteiger partial charge in [0.05, 0.1) is 17.2 Å². The first-order valence-corrected chi connectivity index (χ1v) is 5.95. The summed E-state index contributed by atoms with van der Waals surface area (Å²) in [5.74, 6) is -0.314. The molecule has 1 unspecified atom stereocenters. The van der Waals surface area contributed by atoms with E-state index in [0.717, 1.165) is 12.1 Å². The van der Waals surface area contributed by atoms with Crippen molar-refractivity contribution in [2.45, 2.75) is 26.1 Å². The van der Waals surface area contributed by atoms with Gasteiger partial charge in [0.25, 0.3) is 0 Å². The Morgan fingerprint density at radius 2 is 2.10 bits per heavy atom. The molecule has 2 N–H and O–H groups in total. The second-order valence-electron chi connectivity index (χ2n) is 4.13. The minimum absolute atomic E-state index is 0.134. The maximum Gasteiger partial charge on any atom is 0.417 e. The van der Waals surface area contributed by atoms with Crippen molar-refractivity contribution in [3.05, 3.63) is 29.3 Å². The summed E-state index contributed by atoms with van der Waals surface area (Å²) in [7, 11) is 0. The van der Waals surface area contributed by atoms with E-state index in [1.165, 1.54) is 19.1 Å². The number of alkyl halides is 3. The molecule has 0 fully saturated rings. The molecule has 0 aliphatic carbocycles. The van der Waals surface area contributed by atoms with Gasteiger partial charge in [0.2, 0.25) is 5.91 Å². The van der Waals surface area contributed by atoms with E-state index in [9.17, 15) is 18.0 Å². The average molecular weight is 285 g/mol. The summed E-state index contributed by atoms with van der Waals surface area (Å²) in [4.78, 5) is 11.5. The highest BCUT2D eigenvalue weighted by atomic mass is 19.4. The number of nitrogens with zero attached hydrogens (tertiary/aromatic N) is 1. The van der Waals surface area contributed by atoms with Gasteiger partial charge in [-0.05, 0) is 32.0 Å². The first kappa shape index (κ1) is 15.8. The van der Waals surface area contributed by atoms with Gasteiger partial charge in [-0.15, -0.1) is 0 Å². The van der Waals surface area contributed by atoms with Gasteiger partial charge in [-0.2, -0.15) is 18.4 Å². The third-order valence-corrected chi connectivity index (χ3v) is 2.57. The lowest BCUT2D eigenvalue weighted by atomic mass is 10.1. The molecule has 1 amide bonds. The van der Waals surface area contributed by atoms with Gasteiger partial charge in [-0.25, -0.2) is 0 Å². The molecule has 20 heavy (non-hydrogen) atoms. The molecule has 1 rings (SSSR count). The van der Waals surface area contributed by atoms with Crippen LogP contribution in [0.2, 0.25) is 0 Å². The van der Waals surface area contributed by atoms with Crippen molar-refractivity contribution >= 4 is 11.6 Å². The molecule has 0 radical (unpaired) electrons. The molecule has 1 atom stereocenters. The number of likely N-dealkylation sites (N-methyl/N-ethyl adjacent to an activating group) is 1. The van der Waals surface area contributed by atoms with Crippen LogP contribution in [0, 0.1) is 11.3 Å². The first-order chi connectivity index (χ1) is 9.29. The number of anilines is 1. The van der Waals surface area contributed by atoms with Gasteiger partial charge >= 0.3 is 6.18 Å². The van der Waals surface area contributed by atoms with Gasteiger partial charge < -0.3 is 10.6 Å². The molecule has 0 saturated carbocycles. The SMILES string of the molecule is CCNC(=O)C(C)Nc1ccc(C#N)c(C(F)(F)F)c1. The quantitative estimate of drug-likeness (QED) is 0.893. The van der Waals surface area contributed by atoms with Gasteiger partial charge in [0.1, 0.15) is 6.04 Å². The normalized spacial score (nSPS) is 12.4. The van der Waals surface area contributed by atoms with Crippen LogP contribution in [0.25, 0.3) is 0 Å². The number of halogens is 3. The molecule has 0 heterocycles. The van der Waals surface area contributed by atoms with E-state index in [2.05, 4.69) is 10.6 Å². The molecule has 4 nitrogen and oxygen atoms in total. The van der Waals surface area contributed by atoms with Crippen LogP contribution >= 0.6 is 0 Å². The third-order valence-electron chi connectivity index (χ3n) is 2.57. The Balaban J connectivity index is 2.99. The van der Waals surface area contributed by atoms with Crippen molar-refractivity contribution < 1.29 is 18.0 Å². The number of rotatable bonds is 4. The summed E-state index contributed by atoms with van der Waals surface area (Å²) in [5, 5.41) is 13.9. The Labute approximate surface area is 114 Å². The highest BCUT2D eigenvalue weighted by Crippen LogP contribution is 2.33. The van der Waals surface area contributed by atoms with Crippen molar-refractivity contribution in [3.8, 4) is 6.07 Å². The maximum atomic E-state index is 12.8. The van der Waals surface area contributed by atoms with Crippen molar-refractivity contribution in [1.29, 1.82) is 5.26 Å². The van der Waals surface area contributed by atoms with E-state index in [4.69, 9.17) is 5.26 Å². The lowest BCUT2D eigenvalue weighted by molar-refractivity contribution is -0.137. The smallest absolute Gasteiger partial charge is 0.374 e. The third kappa shape index (κ3) is 3.88. The Morgan fingerprint density at radius 1 is 1.45 bits per heavy atom. The Morgan fingerprint density at radius 3 is 2.60 bits per heavy atom. The topological polar surface area (TPSA) is 64.9 Å². The Kier molecular flexibility index (Phi) is 4.97. The number of amides is 1. The summed E-state index contributed by atoms with van der Waals surface area (Å²) >= 11 is 0. The fraction of sp³-hybridized carbons (Fsp3) is 0.385. The van der Waals surface area contributed by atoms with Crippen LogP contribution in [0.15, 0.2) is 18.2 Å². The standard InChI is InChI=1S/C13H14F3N3O/c1-3-18-12(20)8(2)19-10-5-4-9(7-17)11(6-10)13(14,15)16/h4-6,8,19H,3H2,1-2H3,(H,18,20). The Hall–Kier alpha value is -2.23. The number of carbonyl (C=O) groups is 1. The molecule has 0 spiro atoms. The molecule has 0 aliphatic rings. The minimum atomic E-state index is -4.61. The van der Waals surface area contributed by atoms with E-state index < -0.39 is 23.3 Å². The largest absolute Gasteiger partial charge is 0.417 e. The van der Waals surface area contributed by atoms with E-state index in [-0.39, 0.29) is 11.6 Å². The molecule has 0 aliphatic heterocycles. The molecule has 1 aromatic carbocycles. The molecular weight excluding hydrogens is 271 g/mol. The van der Waals surface area contributed by atoms with Gasteiger partial charge in [0, 0.05) is 12.2 Å². The average Bonchev–Trinajstić information content (AvgIpc) is 2.37. The summed E-state index contributed by atoms with van der Waals surface area (Å²) in [6, 6.07) is 4.07. The molecule has 108 valence electrons. The zero-order valence-electron chi connectivity index (χ0n) is 11.0. The van der Waals surface area contributed by atoms with Crippen molar-refractivity contribution in [2.75, 3.05) is 11.9 Å². The van der Waals surface area contributed by atoms with Crippen molar-refractivity contribution in [3.63, 3.8) is 0 Å². The number of benzene rings is 1. The molecule has 7 heteroatoms. The van der Waals surface area contributed by atoms with Crippen LogP contribution in [-0.4, -0.2) is 18.5 Å². The van der Waals surface area contributed by atoms with Crippen molar-refractivity contribution in [1.82, 2.24) is 5.32 Å². The minimum Gasteiger partial charge on any atom is -0.374 e. The van der Waals surface area contributed by atoms with Crippen LogP contribution in [0.3, 0.4) is 0 Å².